The summed E-state index contributed by atoms with van der Waals surface area (Å²) >= 11 is 5.23. The zero-order valence-electron chi connectivity index (χ0n) is 12.6. The maximum Gasteiger partial charge on any atom is 0.161 e. The molecule has 1 atom stereocenters. The van der Waals surface area contributed by atoms with Crippen molar-refractivity contribution in [3.63, 3.8) is 0 Å². The summed E-state index contributed by atoms with van der Waals surface area (Å²) in [5, 5.41) is 8.64. The van der Waals surface area contributed by atoms with Gasteiger partial charge in [0.05, 0.1) is 11.3 Å². The summed E-state index contributed by atoms with van der Waals surface area (Å²) in [7, 11) is 0. The fourth-order valence-corrected chi connectivity index (χ4v) is 3.14. The van der Waals surface area contributed by atoms with Crippen molar-refractivity contribution in [3.05, 3.63) is 16.8 Å². The van der Waals surface area contributed by atoms with Crippen LogP contribution in [0.5, 0.6) is 0 Å². The molecule has 1 aromatic rings. The van der Waals surface area contributed by atoms with E-state index in [2.05, 4.69) is 22.0 Å². The van der Waals surface area contributed by atoms with Gasteiger partial charge in [0.15, 0.2) is 5.82 Å². The Morgan fingerprint density at radius 3 is 2.70 bits per heavy atom. The van der Waals surface area contributed by atoms with E-state index >= 15 is 0 Å². The lowest BCUT2D eigenvalue weighted by Crippen LogP contribution is -2.29. The standard InChI is InChI=1S/C15H24N4S/c1-4-12-6-5-8-19(9-7-12)15-13(14(16)20)10(2)11(3)17-18-15/h12H,4-9H2,1-3H3,(H2,16,20). The van der Waals surface area contributed by atoms with Gasteiger partial charge in [-0.1, -0.05) is 25.6 Å². The van der Waals surface area contributed by atoms with Gasteiger partial charge in [-0.15, -0.1) is 5.10 Å². The molecule has 2 rings (SSSR count). The molecule has 0 bridgehead atoms. The topological polar surface area (TPSA) is 55.0 Å². The van der Waals surface area contributed by atoms with Crippen molar-refractivity contribution in [2.75, 3.05) is 18.0 Å². The molecule has 1 aliphatic heterocycles. The predicted octanol–water partition coefficient (Wildman–Crippen LogP) is 2.74. The summed E-state index contributed by atoms with van der Waals surface area (Å²) in [5.41, 5.74) is 8.78. The molecule has 0 radical (unpaired) electrons. The molecule has 0 saturated carbocycles. The Morgan fingerprint density at radius 2 is 2.05 bits per heavy atom. The van der Waals surface area contributed by atoms with Crippen LogP contribution in [0.3, 0.4) is 0 Å². The molecule has 2 N–H and O–H groups in total. The van der Waals surface area contributed by atoms with Crippen LogP contribution in [0.1, 0.15) is 49.4 Å². The molecule has 0 spiro atoms. The maximum absolute atomic E-state index is 5.92. The third kappa shape index (κ3) is 3.08. The van der Waals surface area contributed by atoms with Gasteiger partial charge in [-0.2, -0.15) is 5.10 Å². The lowest BCUT2D eigenvalue weighted by atomic mass is 9.98. The van der Waals surface area contributed by atoms with Crippen molar-refractivity contribution in [1.29, 1.82) is 0 Å². The minimum atomic E-state index is 0.423. The Kier molecular flexibility index (Phi) is 4.91. The third-order valence-electron chi connectivity index (χ3n) is 4.41. The van der Waals surface area contributed by atoms with E-state index in [-0.39, 0.29) is 0 Å². The third-order valence-corrected chi connectivity index (χ3v) is 4.61. The number of rotatable bonds is 3. The molecule has 2 heterocycles. The highest BCUT2D eigenvalue weighted by Gasteiger charge is 2.22. The molecule has 5 heteroatoms. The number of nitrogens with two attached hydrogens (primary N) is 1. The van der Waals surface area contributed by atoms with Crippen molar-refractivity contribution in [3.8, 4) is 0 Å². The van der Waals surface area contributed by atoms with E-state index in [0.717, 1.165) is 41.6 Å². The van der Waals surface area contributed by atoms with E-state index in [9.17, 15) is 0 Å². The molecule has 1 aromatic heterocycles. The number of aromatic nitrogens is 2. The van der Waals surface area contributed by atoms with Gasteiger partial charge in [0, 0.05) is 13.1 Å². The van der Waals surface area contributed by atoms with E-state index < -0.39 is 0 Å². The van der Waals surface area contributed by atoms with Gasteiger partial charge in [-0.25, -0.2) is 0 Å². The summed E-state index contributed by atoms with van der Waals surface area (Å²) < 4.78 is 0. The van der Waals surface area contributed by atoms with Gasteiger partial charge >= 0.3 is 0 Å². The van der Waals surface area contributed by atoms with Crippen LogP contribution in [0.4, 0.5) is 5.82 Å². The van der Waals surface area contributed by atoms with Crippen LogP contribution < -0.4 is 10.6 Å². The molecular formula is C15H24N4S. The normalized spacial score (nSPS) is 19.8. The van der Waals surface area contributed by atoms with Gasteiger partial charge in [0.1, 0.15) is 4.99 Å². The molecule has 1 unspecified atom stereocenters. The molecule has 1 fully saturated rings. The fraction of sp³-hybridized carbons (Fsp3) is 0.667. The van der Waals surface area contributed by atoms with Crippen molar-refractivity contribution in [2.45, 2.75) is 46.5 Å². The van der Waals surface area contributed by atoms with Crippen molar-refractivity contribution in [2.24, 2.45) is 11.7 Å². The first-order valence-corrected chi connectivity index (χ1v) is 7.84. The Hall–Kier alpha value is -1.23. The monoisotopic (exact) mass is 292 g/mol. The molecular weight excluding hydrogens is 268 g/mol. The van der Waals surface area contributed by atoms with Crippen molar-refractivity contribution in [1.82, 2.24) is 10.2 Å². The second-order valence-electron chi connectivity index (χ2n) is 5.67. The van der Waals surface area contributed by atoms with Gasteiger partial charge in [-0.3, -0.25) is 0 Å². The van der Waals surface area contributed by atoms with Crippen molar-refractivity contribution >= 4 is 23.0 Å². The second kappa shape index (κ2) is 6.48. The number of aryl methyl sites for hydroxylation is 1. The van der Waals surface area contributed by atoms with Crippen LogP contribution in [0.15, 0.2) is 0 Å². The number of anilines is 1. The summed E-state index contributed by atoms with van der Waals surface area (Å²) in [4.78, 5) is 2.73. The molecule has 0 amide bonds. The van der Waals surface area contributed by atoms with Crippen LogP contribution in [0.25, 0.3) is 0 Å². The summed E-state index contributed by atoms with van der Waals surface area (Å²) in [6, 6.07) is 0. The highest BCUT2D eigenvalue weighted by atomic mass is 32.1. The quantitative estimate of drug-likeness (QED) is 0.868. The van der Waals surface area contributed by atoms with Gasteiger partial charge in [-0.05, 0) is 44.6 Å². The SMILES string of the molecule is CCC1CCCN(c2nnc(C)c(C)c2C(N)=S)CC1. The number of hydrogen-bond donors (Lipinski definition) is 1. The average molecular weight is 292 g/mol. The molecule has 110 valence electrons. The molecule has 20 heavy (non-hydrogen) atoms. The second-order valence-corrected chi connectivity index (χ2v) is 6.11. The summed E-state index contributed by atoms with van der Waals surface area (Å²) in [6.07, 6.45) is 4.97. The van der Waals surface area contributed by atoms with Crippen LogP contribution in [0, 0.1) is 19.8 Å². The Morgan fingerprint density at radius 1 is 1.30 bits per heavy atom. The summed E-state index contributed by atoms with van der Waals surface area (Å²) in [5.74, 6) is 1.70. The smallest absolute Gasteiger partial charge is 0.161 e. The Balaban J connectivity index is 2.32. The van der Waals surface area contributed by atoms with Gasteiger partial charge in [0.2, 0.25) is 0 Å². The molecule has 0 aliphatic carbocycles. The fourth-order valence-electron chi connectivity index (χ4n) is 2.90. The average Bonchev–Trinajstić information content (AvgIpc) is 2.66. The van der Waals surface area contributed by atoms with Gasteiger partial charge < -0.3 is 10.6 Å². The van der Waals surface area contributed by atoms with Crippen molar-refractivity contribution < 1.29 is 0 Å². The highest BCUT2D eigenvalue weighted by molar-refractivity contribution is 7.80. The lowest BCUT2D eigenvalue weighted by Gasteiger charge is -2.24. The van der Waals surface area contributed by atoms with Crippen LogP contribution in [-0.4, -0.2) is 28.3 Å². The van der Waals surface area contributed by atoms with E-state index in [4.69, 9.17) is 18.0 Å². The van der Waals surface area contributed by atoms with Gasteiger partial charge in [0.25, 0.3) is 0 Å². The lowest BCUT2D eigenvalue weighted by molar-refractivity contribution is 0.459. The minimum Gasteiger partial charge on any atom is -0.389 e. The van der Waals surface area contributed by atoms with Crippen LogP contribution in [-0.2, 0) is 0 Å². The van der Waals surface area contributed by atoms with E-state index in [0.29, 0.717) is 4.99 Å². The summed E-state index contributed by atoms with van der Waals surface area (Å²) in [6.45, 7) is 8.28. The highest BCUT2D eigenvalue weighted by Crippen LogP contribution is 2.27. The first kappa shape index (κ1) is 15.2. The van der Waals surface area contributed by atoms with Crippen LogP contribution >= 0.6 is 12.2 Å². The van der Waals surface area contributed by atoms with E-state index in [1.165, 1.54) is 25.7 Å². The maximum atomic E-state index is 5.92. The predicted molar refractivity (Wildman–Crippen MR) is 87.2 cm³/mol. The molecule has 4 nitrogen and oxygen atoms in total. The molecule has 1 aliphatic rings. The zero-order chi connectivity index (χ0) is 14.7. The number of nitrogens with zero attached hydrogens (tertiary/aromatic N) is 3. The minimum absolute atomic E-state index is 0.423. The zero-order valence-corrected chi connectivity index (χ0v) is 13.5. The Labute approximate surface area is 126 Å². The molecule has 1 saturated heterocycles. The molecule has 0 aromatic carbocycles. The Bertz CT molecular complexity index is 501. The first-order valence-electron chi connectivity index (χ1n) is 7.43. The van der Waals surface area contributed by atoms with E-state index in [1.807, 2.05) is 13.8 Å². The van der Waals surface area contributed by atoms with E-state index in [1.54, 1.807) is 0 Å². The largest absolute Gasteiger partial charge is 0.389 e. The van der Waals surface area contributed by atoms with Crippen LogP contribution in [0.2, 0.25) is 0 Å². The number of hydrogen-bond acceptors (Lipinski definition) is 4. The number of thiocarbonyl (C=S) groups is 1. The first-order chi connectivity index (χ1) is 9.54.